The third kappa shape index (κ3) is 3.36. The number of aromatic nitrogens is 3. The molecule has 30 heavy (non-hydrogen) atoms. The third-order valence-electron chi connectivity index (χ3n) is 5.18. The summed E-state index contributed by atoms with van der Waals surface area (Å²) in [5.41, 5.74) is 2.24. The second kappa shape index (κ2) is 7.90. The van der Waals surface area contributed by atoms with E-state index >= 15 is 0 Å². The van der Waals surface area contributed by atoms with Crippen LogP contribution in [0.3, 0.4) is 0 Å². The van der Waals surface area contributed by atoms with Gasteiger partial charge in [-0.05, 0) is 49.7 Å². The Bertz CT molecular complexity index is 1340. The minimum atomic E-state index is -0.604. The fourth-order valence-electron chi connectivity index (χ4n) is 3.54. The molecule has 4 aromatic rings. The fraction of sp³-hybridized carbons (Fsp3) is 0.227. The molecule has 0 saturated heterocycles. The van der Waals surface area contributed by atoms with Gasteiger partial charge in [0.1, 0.15) is 11.3 Å². The van der Waals surface area contributed by atoms with Crippen molar-refractivity contribution >= 4 is 33.8 Å². The SMILES string of the molecule is CCN(CC)c1ccc(/C=N\n2c(=O)[nH]c3c([nH]c4ccc(OC)cc43)c2=O)cc1. The van der Waals surface area contributed by atoms with Gasteiger partial charge in [0.2, 0.25) is 0 Å². The van der Waals surface area contributed by atoms with Gasteiger partial charge in [-0.15, -0.1) is 4.68 Å². The molecule has 2 heterocycles. The van der Waals surface area contributed by atoms with E-state index in [1.54, 1.807) is 25.3 Å². The number of anilines is 1. The molecule has 0 aliphatic rings. The van der Waals surface area contributed by atoms with Gasteiger partial charge >= 0.3 is 11.2 Å². The molecule has 0 bridgehead atoms. The third-order valence-corrected chi connectivity index (χ3v) is 5.18. The minimum Gasteiger partial charge on any atom is -0.497 e. The first-order valence-corrected chi connectivity index (χ1v) is 9.79. The Labute approximate surface area is 172 Å². The first-order valence-electron chi connectivity index (χ1n) is 9.79. The van der Waals surface area contributed by atoms with Crippen LogP contribution >= 0.6 is 0 Å². The van der Waals surface area contributed by atoms with E-state index in [4.69, 9.17) is 4.74 Å². The van der Waals surface area contributed by atoms with Crippen molar-refractivity contribution in [3.63, 3.8) is 0 Å². The van der Waals surface area contributed by atoms with E-state index in [0.29, 0.717) is 16.7 Å². The monoisotopic (exact) mass is 405 g/mol. The molecule has 0 radical (unpaired) electrons. The first kappa shape index (κ1) is 19.5. The number of hydrogen-bond donors (Lipinski definition) is 2. The van der Waals surface area contributed by atoms with Crippen LogP contribution in [0.15, 0.2) is 57.2 Å². The fourth-order valence-corrected chi connectivity index (χ4v) is 3.54. The number of H-pyrrole nitrogens is 2. The van der Waals surface area contributed by atoms with Crippen LogP contribution in [0.4, 0.5) is 5.69 Å². The molecule has 0 fully saturated rings. The van der Waals surface area contributed by atoms with Gasteiger partial charge in [0.05, 0.1) is 18.8 Å². The minimum absolute atomic E-state index is 0.284. The standard InChI is InChI=1S/C22H23N5O3/c1-4-26(5-2)15-8-6-14(7-9-15)13-23-27-21(28)20-19(25-22(27)29)17-12-16(30-3)10-11-18(17)24-20/h6-13,24H,4-5H2,1-3H3,(H,25,29)/b23-13-. The number of benzene rings is 2. The van der Waals surface area contributed by atoms with Gasteiger partial charge in [0.15, 0.2) is 0 Å². The van der Waals surface area contributed by atoms with Crippen LogP contribution < -0.4 is 20.9 Å². The highest BCUT2D eigenvalue weighted by Crippen LogP contribution is 2.25. The van der Waals surface area contributed by atoms with E-state index in [1.807, 2.05) is 24.3 Å². The van der Waals surface area contributed by atoms with Crippen LogP contribution in [-0.4, -0.2) is 41.1 Å². The summed E-state index contributed by atoms with van der Waals surface area (Å²) >= 11 is 0. The maximum Gasteiger partial charge on any atom is 0.350 e. The molecule has 0 unspecified atom stereocenters. The van der Waals surface area contributed by atoms with Crippen molar-refractivity contribution in [2.75, 3.05) is 25.1 Å². The molecule has 0 saturated carbocycles. The van der Waals surface area contributed by atoms with E-state index in [0.717, 1.165) is 34.5 Å². The zero-order valence-corrected chi connectivity index (χ0v) is 17.1. The Hall–Kier alpha value is -3.81. The molecule has 2 aromatic heterocycles. The lowest BCUT2D eigenvalue weighted by Gasteiger charge is -2.20. The predicted molar refractivity (Wildman–Crippen MR) is 120 cm³/mol. The lowest BCUT2D eigenvalue weighted by atomic mass is 10.2. The summed E-state index contributed by atoms with van der Waals surface area (Å²) in [7, 11) is 1.56. The molecule has 0 spiro atoms. The summed E-state index contributed by atoms with van der Waals surface area (Å²) in [6.07, 6.45) is 1.50. The van der Waals surface area contributed by atoms with Gasteiger partial charge in [-0.3, -0.25) is 4.79 Å². The van der Waals surface area contributed by atoms with Crippen molar-refractivity contribution < 1.29 is 4.74 Å². The Morgan fingerprint density at radius 2 is 1.77 bits per heavy atom. The van der Waals surface area contributed by atoms with Crippen LogP contribution in [0.1, 0.15) is 19.4 Å². The summed E-state index contributed by atoms with van der Waals surface area (Å²) < 4.78 is 6.06. The first-order chi connectivity index (χ1) is 14.5. The number of nitrogens with one attached hydrogen (secondary N) is 2. The van der Waals surface area contributed by atoms with E-state index < -0.39 is 11.2 Å². The van der Waals surface area contributed by atoms with Crippen LogP contribution in [0.5, 0.6) is 5.75 Å². The van der Waals surface area contributed by atoms with Crippen LogP contribution in [0, 0.1) is 0 Å². The van der Waals surface area contributed by atoms with Crippen LogP contribution in [0.2, 0.25) is 0 Å². The maximum absolute atomic E-state index is 12.9. The Morgan fingerprint density at radius 1 is 1.03 bits per heavy atom. The average Bonchev–Trinajstić information content (AvgIpc) is 3.13. The number of methoxy groups -OCH3 is 1. The van der Waals surface area contributed by atoms with Crippen molar-refractivity contribution in [1.29, 1.82) is 0 Å². The summed E-state index contributed by atoms with van der Waals surface area (Å²) in [5, 5.41) is 4.83. The van der Waals surface area contributed by atoms with Crippen molar-refractivity contribution in [2.45, 2.75) is 13.8 Å². The second-order valence-corrected chi connectivity index (χ2v) is 6.84. The lowest BCUT2D eigenvalue weighted by molar-refractivity contribution is 0.415. The van der Waals surface area contributed by atoms with Gasteiger partial charge in [-0.1, -0.05) is 12.1 Å². The number of ether oxygens (including phenoxy) is 1. The molecule has 8 nitrogen and oxygen atoms in total. The van der Waals surface area contributed by atoms with E-state index in [1.165, 1.54) is 6.21 Å². The zero-order valence-electron chi connectivity index (χ0n) is 17.1. The second-order valence-electron chi connectivity index (χ2n) is 6.84. The quantitative estimate of drug-likeness (QED) is 0.482. The Morgan fingerprint density at radius 3 is 2.43 bits per heavy atom. The molecule has 0 amide bonds. The smallest absolute Gasteiger partial charge is 0.350 e. The van der Waals surface area contributed by atoms with E-state index in [2.05, 4.69) is 33.8 Å². The van der Waals surface area contributed by atoms with Crippen molar-refractivity contribution in [3.05, 3.63) is 68.9 Å². The molecular formula is C22H23N5O3. The van der Waals surface area contributed by atoms with Gasteiger partial charge < -0.3 is 19.6 Å². The summed E-state index contributed by atoms with van der Waals surface area (Å²) in [6, 6.07) is 13.2. The molecule has 0 aliphatic carbocycles. The number of aromatic amines is 2. The largest absolute Gasteiger partial charge is 0.497 e. The molecule has 4 rings (SSSR count). The molecule has 8 heteroatoms. The summed E-state index contributed by atoms with van der Waals surface area (Å²) in [6.45, 7) is 6.05. The highest BCUT2D eigenvalue weighted by Gasteiger charge is 2.13. The van der Waals surface area contributed by atoms with Crippen molar-refractivity contribution in [2.24, 2.45) is 5.10 Å². The average molecular weight is 405 g/mol. The van der Waals surface area contributed by atoms with Crippen molar-refractivity contribution in [1.82, 2.24) is 14.6 Å². The normalized spacial score (nSPS) is 11.6. The molecule has 154 valence electrons. The Balaban J connectivity index is 1.73. The predicted octanol–water partition coefficient (Wildman–Crippen LogP) is 2.91. The number of rotatable bonds is 6. The summed E-state index contributed by atoms with van der Waals surface area (Å²) in [4.78, 5) is 33.4. The molecule has 0 atom stereocenters. The van der Waals surface area contributed by atoms with Gasteiger partial charge in [0.25, 0.3) is 0 Å². The van der Waals surface area contributed by atoms with Crippen molar-refractivity contribution in [3.8, 4) is 5.75 Å². The van der Waals surface area contributed by atoms with Crippen LogP contribution in [0.25, 0.3) is 21.9 Å². The van der Waals surface area contributed by atoms with Gasteiger partial charge in [0, 0.05) is 29.7 Å². The number of nitrogens with zero attached hydrogens (tertiary/aromatic N) is 3. The highest BCUT2D eigenvalue weighted by atomic mass is 16.5. The number of fused-ring (bicyclic) bond motifs is 3. The summed E-state index contributed by atoms with van der Waals surface area (Å²) in [5.74, 6) is 0.639. The molecule has 2 N–H and O–H groups in total. The van der Waals surface area contributed by atoms with E-state index in [9.17, 15) is 9.59 Å². The molecule has 2 aromatic carbocycles. The highest BCUT2D eigenvalue weighted by molar-refractivity contribution is 6.04. The van der Waals surface area contributed by atoms with Gasteiger partial charge in [-0.2, -0.15) is 5.10 Å². The molecule has 0 aliphatic heterocycles. The topological polar surface area (TPSA) is 95.5 Å². The zero-order chi connectivity index (χ0) is 21.3. The lowest BCUT2D eigenvalue weighted by Crippen LogP contribution is -2.32. The van der Waals surface area contributed by atoms with Crippen LogP contribution in [-0.2, 0) is 0 Å². The Kier molecular flexibility index (Phi) is 5.14. The molecular weight excluding hydrogens is 382 g/mol. The number of hydrogen-bond acceptors (Lipinski definition) is 5. The van der Waals surface area contributed by atoms with E-state index in [-0.39, 0.29) is 5.52 Å². The maximum atomic E-state index is 12.9. The van der Waals surface area contributed by atoms with Gasteiger partial charge in [-0.25, -0.2) is 4.79 Å².